The Balaban J connectivity index is 2.87. The van der Waals surface area contributed by atoms with E-state index in [-0.39, 0.29) is 12.3 Å². The fraction of sp³-hybridized carbons (Fsp3) is 0.769. The SMILES string of the molecule is COC(=O)C(CCCCCl)N1C(=O)CCC1C(=O)OC. The van der Waals surface area contributed by atoms with E-state index in [1.807, 2.05) is 0 Å². The Kier molecular flexibility index (Phi) is 6.78. The summed E-state index contributed by atoms with van der Waals surface area (Å²) in [6.07, 6.45) is 2.46. The van der Waals surface area contributed by atoms with Gasteiger partial charge >= 0.3 is 11.9 Å². The number of nitrogens with zero attached hydrogens (tertiary/aromatic N) is 1. The summed E-state index contributed by atoms with van der Waals surface area (Å²) >= 11 is 5.62. The highest BCUT2D eigenvalue weighted by Gasteiger charge is 2.43. The van der Waals surface area contributed by atoms with Crippen molar-refractivity contribution in [2.45, 2.75) is 44.2 Å². The van der Waals surface area contributed by atoms with Crippen LogP contribution in [0.2, 0.25) is 0 Å². The summed E-state index contributed by atoms with van der Waals surface area (Å²) in [5.41, 5.74) is 0. The van der Waals surface area contributed by atoms with Crippen molar-refractivity contribution in [3.05, 3.63) is 0 Å². The predicted molar refractivity (Wildman–Crippen MR) is 72.3 cm³/mol. The van der Waals surface area contributed by atoms with Crippen molar-refractivity contribution in [2.24, 2.45) is 0 Å². The van der Waals surface area contributed by atoms with Crippen LogP contribution in [0.15, 0.2) is 0 Å². The van der Waals surface area contributed by atoms with Crippen LogP contribution in [0.1, 0.15) is 32.1 Å². The summed E-state index contributed by atoms with van der Waals surface area (Å²) in [5.74, 6) is -0.741. The molecule has 6 nitrogen and oxygen atoms in total. The van der Waals surface area contributed by atoms with E-state index < -0.39 is 24.0 Å². The van der Waals surface area contributed by atoms with Gasteiger partial charge in [0.05, 0.1) is 14.2 Å². The molecule has 1 saturated heterocycles. The van der Waals surface area contributed by atoms with Gasteiger partial charge in [0.25, 0.3) is 0 Å². The summed E-state index contributed by atoms with van der Waals surface area (Å²) in [6.45, 7) is 0. The number of carbonyl (C=O) groups is 3. The highest BCUT2D eigenvalue weighted by Crippen LogP contribution is 2.25. The maximum absolute atomic E-state index is 12.0. The second-order valence-corrected chi connectivity index (χ2v) is 4.98. The van der Waals surface area contributed by atoms with Gasteiger partial charge in [-0.1, -0.05) is 0 Å². The van der Waals surface area contributed by atoms with Crippen molar-refractivity contribution in [2.75, 3.05) is 20.1 Å². The van der Waals surface area contributed by atoms with Gasteiger partial charge in [-0.25, -0.2) is 9.59 Å². The molecule has 1 aliphatic heterocycles. The maximum atomic E-state index is 12.0. The van der Waals surface area contributed by atoms with Crippen LogP contribution in [0, 0.1) is 0 Å². The Morgan fingerprint density at radius 1 is 1.35 bits per heavy atom. The third-order valence-corrected chi connectivity index (χ3v) is 3.67. The highest BCUT2D eigenvalue weighted by atomic mass is 35.5. The molecule has 0 aliphatic carbocycles. The number of unbranched alkanes of at least 4 members (excludes halogenated alkanes) is 1. The minimum absolute atomic E-state index is 0.221. The fourth-order valence-electron chi connectivity index (χ4n) is 2.40. The molecule has 0 aromatic carbocycles. The molecule has 0 saturated carbocycles. The second-order valence-electron chi connectivity index (χ2n) is 4.60. The molecule has 1 heterocycles. The molecule has 1 aliphatic rings. The van der Waals surface area contributed by atoms with E-state index in [1.54, 1.807) is 0 Å². The van der Waals surface area contributed by atoms with E-state index in [2.05, 4.69) is 0 Å². The predicted octanol–water partition coefficient (Wildman–Crippen LogP) is 1.10. The number of esters is 2. The minimum atomic E-state index is -0.748. The number of ether oxygens (including phenoxy) is 2. The molecular weight excluding hydrogens is 286 g/mol. The molecule has 0 radical (unpaired) electrons. The molecule has 1 rings (SSSR count). The molecule has 0 aromatic rings. The second kappa shape index (κ2) is 8.09. The van der Waals surface area contributed by atoms with Crippen LogP contribution in [-0.4, -0.2) is 54.9 Å². The van der Waals surface area contributed by atoms with Gasteiger partial charge < -0.3 is 14.4 Å². The molecule has 2 atom stereocenters. The first kappa shape index (κ1) is 16.8. The largest absolute Gasteiger partial charge is 0.467 e. The number of carbonyl (C=O) groups excluding carboxylic acids is 3. The molecule has 20 heavy (non-hydrogen) atoms. The monoisotopic (exact) mass is 305 g/mol. The third kappa shape index (κ3) is 3.85. The third-order valence-electron chi connectivity index (χ3n) is 3.40. The zero-order valence-electron chi connectivity index (χ0n) is 11.8. The van der Waals surface area contributed by atoms with Crippen molar-refractivity contribution in [1.29, 1.82) is 0 Å². The van der Waals surface area contributed by atoms with Crippen molar-refractivity contribution in [1.82, 2.24) is 4.90 Å². The molecule has 0 bridgehead atoms. The summed E-state index contributed by atoms with van der Waals surface area (Å²) < 4.78 is 9.44. The average molecular weight is 306 g/mol. The first-order valence-electron chi connectivity index (χ1n) is 6.59. The van der Waals surface area contributed by atoms with Crippen LogP contribution in [0.25, 0.3) is 0 Å². The molecule has 1 amide bonds. The van der Waals surface area contributed by atoms with Gasteiger partial charge in [-0.15, -0.1) is 11.6 Å². The van der Waals surface area contributed by atoms with Crippen LogP contribution >= 0.6 is 11.6 Å². The van der Waals surface area contributed by atoms with Gasteiger partial charge in [0.1, 0.15) is 12.1 Å². The lowest BCUT2D eigenvalue weighted by molar-refractivity contribution is -0.158. The molecule has 2 unspecified atom stereocenters. The highest BCUT2D eigenvalue weighted by molar-refractivity contribution is 6.17. The van der Waals surface area contributed by atoms with Crippen molar-refractivity contribution in [3.8, 4) is 0 Å². The summed E-state index contributed by atoms with van der Waals surface area (Å²) in [7, 11) is 2.54. The Bertz CT molecular complexity index is 374. The van der Waals surface area contributed by atoms with Gasteiger partial charge in [0.15, 0.2) is 0 Å². The van der Waals surface area contributed by atoms with Crippen LogP contribution < -0.4 is 0 Å². The van der Waals surface area contributed by atoms with Crippen LogP contribution in [-0.2, 0) is 23.9 Å². The van der Waals surface area contributed by atoms with E-state index in [1.165, 1.54) is 19.1 Å². The van der Waals surface area contributed by atoms with Gasteiger partial charge in [-0.3, -0.25) is 4.79 Å². The lowest BCUT2D eigenvalue weighted by atomic mass is 10.1. The molecule has 7 heteroatoms. The normalized spacial score (nSPS) is 19.9. The quantitative estimate of drug-likeness (QED) is 0.400. The number of rotatable bonds is 7. The molecule has 1 fully saturated rings. The van der Waals surface area contributed by atoms with Crippen LogP contribution in [0.3, 0.4) is 0 Å². The first-order chi connectivity index (χ1) is 9.56. The molecule has 0 spiro atoms. The van der Waals surface area contributed by atoms with Crippen molar-refractivity contribution in [3.63, 3.8) is 0 Å². The van der Waals surface area contributed by atoms with Crippen LogP contribution in [0.5, 0.6) is 0 Å². The minimum Gasteiger partial charge on any atom is -0.467 e. The van der Waals surface area contributed by atoms with Crippen molar-refractivity contribution < 1.29 is 23.9 Å². The van der Waals surface area contributed by atoms with Gasteiger partial charge in [0.2, 0.25) is 5.91 Å². The zero-order valence-corrected chi connectivity index (χ0v) is 12.5. The van der Waals surface area contributed by atoms with Gasteiger partial charge in [-0.05, 0) is 25.7 Å². The number of likely N-dealkylation sites (tertiary alicyclic amines) is 1. The summed E-state index contributed by atoms with van der Waals surface area (Å²) in [5, 5.41) is 0. The standard InChI is InChI=1S/C13H20ClNO5/c1-19-12(17)9(5-3-4-8-14)15-10(13(18)20-2)6-7-11(15)16/h9-10H,3-8H2,1-2H3. The number of hydrogen-bond donors (Lipinski definition) is 0. The number of hydrogen-bond acceptors (Lipinski definition) is 5. The smallest absolute Gasteiger partial charge is 0.328 e. The lowest BCUT2D eigenvalue weighted by Crippen LogP contribution is -2.50. The fourth-order valence-corrected chi connectivity index (χ4v) is 2.59. The average Bonchev–Trinajstić information content (AvgIpc) is 2.84. The molecule has 0 aromatic heterocycles. The summed E-state index contributed by atoms with van der Waals surface area (Å²) in [4.78, 5) is 36.9. The van der Waals surface area contributed by atoms with E-state index in [0.717, 1.165) is 6.42 Å². The van der Waals surface area contributed by atoms with E-state index in [4.69, 9.17) is 21.1 Å². The van der Waals surface area contributed by atoms with Crippen molar-refractivity contribution >= 4 is 29.4 Å². The number of alkyl halides is 1. The van der Waals surface area contributed by atoms with Gasteiger partial charge in [0, 0.05) is 12.3 Å². The first-order valence-corrected chi connectivity index (χ1v) is 7.13. The molecular formula is C13H20ClNO5. The number of amides is 1. The summed E-state index contributed by atoms with van der Waals surface area (Å²) in [6, 6.07) is -1.45. The Morgan fingerprint density at radius 2 is 2.05 bits per heavy atom. The molecule has 114 valence electrons. The number of methoxy groups -OCH3 is 2. The number of halogens is 1. The van der Waals surface area contributed by atoms with Gasteiger partial charge in [-0.2, -0.15) is 0 Å². The Morgan fingerprint density at radius 3 is 2.60 bits per heavy atom. The maximum Gasteiger partial charge on any atom is 0.328 e. The van der Waals surface area contributed by atoms with Crippen LogP contribution in [0.4, 0.5) is 0 Å². The topological polar surface area (TPSA) is 72.9 Å². The molecule has 0 N–H and O–H groups in total. The van der Waals surface area contributed by atoms with E-state index in [0.29, 0.717) is 25.1 Å². The van der Waals surface area contributed by atoms with E-state index >= 15 is 0 Å². The zero-order chi connectivity index (χ0) is 15.1. The Hall–Kier alpha value is -1.30. The lowest BCUT2D eigenvalue weighted by Gasteiger charge is -2.30. The Labute approximate surface area is 123 Å². The van der Waals surface area contributed by atoms with E-state index in [9.17, 15) is 14.4 Å².